The van der Waals surface area contributed by atoms with Crippen LogP contribution >= 0.6 is 0 Å². The fourth-order valence-corrected chi connectivity index (χ4v) is 1.97. The van der Waals surface area contributed by atoms with Crippen molar-refractivity contribution < 1.29 is 4.79 Å². The molecule has 0 aliphatic carbocycles. The second-order valence-electron chi connectivity index (χ2n) is 3.69. The summed E-state index contributed by atoms with van der Waals surface area (Å²) < 4.78 is 1.67. The summed E-state index contributed by atoms with van der Waals surface area (Å²) in [6.45, 7) is 2.45. The molecule has 1 amide bonds. The van der Waals surface area contributed by atoms with Crippen LogP contribution in [0.25, 0.3) is 0 Å². The SMILES string of the molecule is CC(=O)N1CCC[C@H]1c1cn(C)nn1. The third-order valence-electron chi connectivity index (χ3n) is 2.62. The van der Waals surface area contributed by atoms with Crippen LogP contribution in [0.15, 0.2) is 6.20 Å². The Morgan fingerprint density at radius 3 is 3.00 bits per heavy atom. The Morgan fingerprint density at radius 1 is 1.64 bits per heavy atom. The quantitative estimate of drug-likeness (QED) is 0.654. The molecule has 76 valence electrons. The molecule has 5 heteroatoms. The van der Waals surface area contributed by atoms with Crippen molar-refractivity contribution in [3.8, 4) is 0 Å². The van der Waals surface area contributed by atoms with E-state index < -0.39 is 0 Å². The number of carbonyl (C=O) groups is 1. The van der Waals surface area contributed by atoms with Crippen molar-refractivity contribution >= 4 is 5.91 Å². The summed E-state index contributed by atoms with van der Waals surface area (Å²) in [4.78, 5) is 13.2. The van der Waals surface area contributed by atoms with Gasteiger partial charge in [-0.15, -0.1) is 5.10 Å². The molecule has 1 aliphatic heterocycles. The maximum atomic E-state index is 11.3. The van der Waals surface area contributed by atoms with Crippen LogP contribution in [0.4, 0.5) is 0 Å². The molecule has 0 unspecified atom stereocenters. The van der Waals surface area contributed by atoms with Gasteiger partial charge in [-0.05, 0) is 12.8 Å². The average Bonchev–Trinajstić information content (AvgIpc) is 2.70. The van der Waals surface area contributed by atoms with Crippen LogP contribution in [-0.4, -0.2) is 32.3 Å². The van der Waals surface area contributed by atoms with Gasteiger partial charge < -0.3 is 4.90 Å². The molecule has 2 rings (SSSR count). The van der Waals surface area contributed by atoms with Crippen molar-refractivity contribution in [2.24, 2.45) is 7.05 Å². The Labute approximate surface area is 82.7 Å². The third kappa shape index (κ3) is 1.49. The molecule has 0 spiro atoms. The summed E-state index contributed by atoms with van der Waals surface area (Å²) in [5, 5.41) is 7.93. The minimum atomic E-state index is 0.123. The first kappa shape index (κ1) is 9.18. The van der Waals surface area contributed by atoms with Gasteiger partial charge in [-0.25, -0.2) is 0 Å². The number of likely N-dealkylation sites (tertiary alicyclic amines) is 1. The van der Waals surface area contributed by atoms with Crippen molar-refractivity contribution in [2.45, 2.75) is 25.8 Å². The molecule has 0 radical (unpaired) electrons. The monoisotopic (exact) mass is 194 g/mol. The van der Waals surface area contributed by atoms with Crippen LogP contribution in [-0.2, 0) is 11.8 Å². The lowest BCUT2D eigenvalue weighted by molar-refractivity contribution is -0.129. The van der Waals surface area contributed by atoms with Gasteiger partial charge >= 0.3 is 0 Å². The molecule has 14 heavy (non-hydrogen) atoms. The molecule has 2 heterocycles. The molecule has 5 nitrogen and oxygen atoms in total. The summed E-state index contributed by atoms with van der Waals surface area (Å²) >= 11 is 0. The largest absolute Gasteiger partial charge is 0.334 e. The van der Waals surface area contributed by atoms with Gasteiger partial charge in [0.05, 0.1) is 12.2 Å². The molecule has 1 fully saturated rings. The molecule has 0 bridgehead atoms. The highest BCUT2D eigenvalue weighted by molar-refractivity contribution is 5.74. The van der Waals surface area contributed by atoms with Crippen LogP contribution < -0.4 is 0 Å². The zero-order chi connectivity index (χ0) is 10.1. The molecule has 1 aromatic rings. The Balaban J connectivity index is 2.21. The highest BCUT2D eigenvalue weighted by Gasteiger charge is 2.29. The van der Waals surface area contributed by atoms with E-state index in [0.717, 1.165) is 25.1 Å². The first-order valence-electron chi connectivity index (χ1n) is 4.82. The second-order valence-corrected chi connectivity index (χ2v) is 3.69. The zero-order valence-corrected chi connectivity index (χ0v) is 8.47. The predicted octanol–water partition coefficient (Wildman–Crippen LogP) is 0.498. The summed E-state index contributed by atoms with van der Waals surface area (Å²) in [6, 6.07) is 0.140. The Kier molecular flexibility index (Phi) is 2.23. The Bertz CT molecular complexity index is 346. The van der Waals surface area contributed by atoms with E-state index in [1.165, 1.54) is 0 Å². The van der Waals surface area contributed by atoms with Gasteiger partial charge in [0.1, 0.15) is 5.69 Å². The van der Waals surface area contributed by atoms with Gasteiger partial charge in [0, 0.05) is 20.5 Å². The van der Waals surface area contributed by atoms with Crippen LogP contribution in [0.1, 0.15) is 31.5 Å². The van der Waals surface area contributed by atoms with Gasteiger partial charge in [-0.2, -0.15) is 0 Å². The van der Waals surface area contributed by atoms with Crippen molar-refractivity contribution in [2.75, 3.05) is 6.54 Å². The van der Waals surface area contributed by atoms with Crippen molar-refractivity contribution in [3.63, 3.8) is 0 Å². The van der Waals surface area contributed by atoms with E-state index in [9.17, 15) is 4.79 Å². The number of nitrogens with zero attached hydrogens (tertiary/aromatic N) is 4. The lowest BCUT2D eigenvalue weighted by Crippen LogP contribution is -2.28. The van der Waals surface area contributed by atoms with E-state index in [4.69, 9.17) is 0 Å². The smallest absolute Gasteiger partial charge is 0.220 e. The minimum absolute atomic E-state index is 0.123. The van der Waals surface area contributed by atoms with E-state index in [1.54, 1.807) is 11.6 Å². The van der Waals surface area contributed by atoms with E-state index >= 15 is 0 Å². The molecule has 1 aliphatic rings. The fraction of sp³-hybridized carbons (Fsp3) is 0.667. The van der Waals surface area contributed by atoms with E-state index in [1.807, 2.05) is 18.1 Å². The normalized spacial score (nSPS) is 21.6. The topological polar surface area (TPSA) is 51.0 Å². The van der Waals surface area contributed by atoms with Crippen LogP contribution in [0.3, 0.4) is 0 Å². The van der Waals surface area contributed by atoms with Crippen molar-refractivity contribution in [1.82, 2.24) is 19.9 Å². The first-order valence-corrected chi connectivity index (χ1v) is 4.82. The molecule has 1 saturated heterocycles. The molecule has 0 saturated carbocycles. The summed E-state index contributed by atoms with van der Waals surface area (Å²) in [6.07, 6.45) is 3.94. The van der Waals surface area contributed by atoms with Gasteiger partial charge in [0.15, 0.2) is 0 Å². The molecule has 0 N–H and O–H groups in total. The number of carbonyl (C=O) groups excluding carboxylic acids is 1. The standard InChI is InChI=1S/C9H14N4O/c1-7(14)13-5-3-4-9(13)8-6-12(2)11-10-8/h6,9H,3-5H2,1-2H3/t9-/m0/s1. The number of hydrogen-bond donors (Lipinski definition) is 0. The molecule has 0 aromatic carbocycles. The highest BCUT2D eigenvalue weighted by Crippen LogP contribution is 2.30. The lowest BCUT2D eigenvalue weighted by Gasteiger charge is -2.20. The Hall–Kier alpha value is -1.39. The third-order valence-corrected chi connectivity index (χ3v) is 2.62. The maximum Gasteiger partial charge on any atom is 0.220 e. The summed E-state index contributed by atoms with van der Waals surface area (Å²) in [5.41, 5.74) is 0.903. The molecular weight excluding hydrogens is 180 g/mol. The van der Waals surface area contributed by atoms with Crippen molar-refractivity contribution in [1.29, 1.82) is 0 Å². The number of aryl methyl sites for hydroxylation is 1. The number of rotatable bonds is 1. The number of aromatic nitrogens is 3. The van der Waals surface area contributed by atoms with Gasteiger partial charge in [0.25, 0.3) is 0 Å². The maximum absolute atomic E-state index is 11.3. The zero-order valence-electron chi connectivity index (χ0n) is 8.47. The molecule has 1 aromatic heterocycles. The summed E-state index contributed by atoms with van der Waals surface area (Å²) in [7, 11) is 1.84. The van der Waals surface area contributed by atoms with Gasteiger partial charge in [-0.1, -0.05) is 5.21 Å². The van der Waals surface area contributed by atoms with Gasteiger partial charge in [0.2, 0.25) is 5.91 Å². The van der Waals surface area contributed by atoms with Crippen LogP contribution in [0, 0.1) is 0 Å². The fourth-order valence-electron chi connectivity index (χ4n) is 1.97. The molecule has 1 atom stereocenters. The first-order chi connectivity index (χ1) is 6.68. The lowest BCUT2D eigenvalue weighted by atomic mass is 10.1. The number of hydrogen-bond acceptors (Lipinski definition) is 3. The van der Waals surface area contributed by atoms with Crippen molar-refractivity contribution in [3.05, 3.63) is 11.9 Å². The highest BCUT2D eigenvalue weighted by atomic mass is 16.2. The number of amides is 1. The van der Waals surface area contributed by atoms with Gasteiger partial charge in [-0.3, -0.25) is 9.48 Å². The predicted molar refractivity (Wildman–Crippen MR) is 50.4 cm³/mol. The average molecular weight is 194 g/mol. The molecular formula is C9H14N4O. The summed E-state index contributed by atoms with van der Waals surface area (Å²) in [5.74, 6) is 0.123. The van der Waals surface area contributed by atoms with Crippen LogP contribution in [0.2, 0.25) is 0 Å². The second kappa shape index (κ2) is 3.40. The minimum Gasteiger partial charge on any atom is -0.334 e. The van der Waals surface area contributed by atoms with E-state index in [0.29, 0.717) is 0 Å². The Morgan fingerprint density at radius 2 is 2.43 bits per heavy atom. The van der Waals surface area contributed by atoms with E-state index in [-0.39, 0.29) is 11.9 Å². The van der Waals surface area contributed by atoms with E-state index in [2.05, 4.69) is 10.3 Å². The van der Waals surface area contributed by atoms with Crippen LogP contribution in [0.5, 0.6) is 0 Å².